The lowest BCUT2D eigenvalue weighted by molar-refractivity contribution is -0.166. The van der Waals surface area contributed by atoms with Gasteiger partial charge < -0.3 is 19.5 Å². The summed E-state index contributed by atoms with van der Waals surface area (Å²) in [5.74, 6) is -0.478. The highest BCUT2D eigenvalue weighted by Crippen LogP contribution is 2.27. The van der Waals surface area contributed by atoms with Crippen molar-refractivity contribution in [1.82, 2.24) is 4.90 Å². The molecule has 126 valence electrons. The third-order valence-electron chi connectivity index (χ3n) is 4.54. The standard InChI is InChI=1S/C16H27NO5/c1-3-13(22-12-6-4-5-11(2)9-12)15(18)17-7-8-21-14(10-17)16(19)20/h11-14H,3-10H2,1-2H3,(H,19,20)/t11-,12-,13+,14+/m1/s1. The Morgan fingerprint density at radius 1 is 1.41 bits per heavy atom. The van der Waals surface area contributed by atoms with Crippen molar-refractivity contribution in [3.63, 3.8) is 0 Å². The Bertz CT molecular complexity index is 400. The van der Waals surface area contributed by atoms with Crippen LogP contribution in [-0.2, 0) is 19.1 Å². The molecule has 1 amide bonds. The highest BCUT2D eigenvalue weighted by Gasteiger charge is 2.33. The zero-order valence-electron chi connectivity index (χ0n) is 13.5. The summed E-state index contributed by atoms with van der Waals surface area (Å²) in [6.07, 6.45) is 3.75. The first-order valence-electron chi connectivity index (χ1n) is 8.29. The summed E-state index contributed by atoms with van der Waals surface area (Å²) >= 11 is 0. The number of carboxylic acid groups (broad SMARTS) is 1. The van der Waals surface area contributed by atoms with Gasteiger partial charge in [-0.1, -0.05) is 26.7 Å². The van der Waals surface area contributed by atoms with E-state index in [9.17, 15) is 9.59 Å². The maximum atomic E-state index is 12.6. The van der Waals surface area contributed by atoms with Crippen molar-refractivity contribution in [1.29, 1.82) is 0 Å². The van der Waals surface area contributed by atoms with Crippen LogP contribution in [0.4, 0.5) is 0 Å². The predicted octanol–water partition coefficient (Wildman–Crippen LogP) is 1.67. The quantitative estimate of drug-likeness (QED) is 0.835. The zero-order valence-corrected chi connectivity index (χ0v) is 13.5. The Labute approximate surface area is 131 Å². The number of carbonyl (C=O) groups is 2. The normalized spacial score (nSPS) is 30.8. The van der Waals surface area contributed by atoms with Crippen LogP contribution in [0.2, 0.25) is 0 Å². The molecule has 1 saturated heterocycles. The first-order valence-corrected chi connectivity index (χ1v) is 8.29. The Morgan fingerprint density at radius 3 is 2.82 bits per heavy atom. The summed E-state index contributed by atoms with van der Waals surface area (Å²) in [7, 11) is 0. The van der Waals surface area contributed by atoms with Crippen LogP contribution in [0.15, 0.2) is 0 Å². The van der Waals surface area contributed by atoms with E-state index in [-0.39, 0.29) is 25.2 Å². The molecule has 1 aliphatic carbocycles. The van der Waals surface area contributed by atoms with Gasteiger partial charge in [0.05, 0.1) is 19.3 Å². The van der Waals surface area contributed by atoms with E-state index in [0.29, 0.717) is 18.9 Å². The monoisotopic (exact) mass is 313 g/mol. The van der Waals surface area contributed by atoms with Crippen LogP contribution in [-0.4, -0.2) is 59.9 Å². The molecule has 2 aliphatic rings. The smallest absolute Gasteiger partial charge is 0.334 e. The van der Waals surface area contributed by atoms with Gasteiger partial charge in [0, 0.05) is 6.54 Å². The van der Waals surface area contributed by atoms with E-state index in [1.807, 2.05) is 6.92 Å². The summed E-state index contributed by atoms with van der Waals surface area (Å²) < 4.78 is 11.2. The van der Waals surface area contributed by atoms with Crippen LogP contribution in [0, 0.1) is 5.92 Å². The molecule has 1 saturated carbocycles. The van der Waals surface area contributed by atoms with Gasteiger partial charge in [0.25, 0.3) is 5.91 Å². The molecular formula is C16H27NO5. The first-order chi connectivity index (χ1) is 10.5. The van der Waals surface area contributed by atoms with Crippen LogP contribution in [0.3, 0.4) is 0 Å². The fourth-order valence-electron chi connectivity index (χ4n) is 3.27. The molecule has 2 rings (SSSR count). The summed E-state index contributed by atoms with van der Waals surface area (Å²) in [5.41, 5.74) is 0. The SMILES string of the molecule is CC[C@H](O[C@@H]1CCC[C@@H](C)C1)C(=O)N1CCO[C@H](C(=O)O)C1. The van der Waals surface area contributed by atoms with Gasteiger partial charge in [-0.25, -0.2) is 4.79 Å². The van der Waals surface area contributed by atoms with Gasteiger partial charge in [-0.15, -0.1) is 0 Å². The highest BCUT2D eigenvalue weighted by atomic mass is 16.5. The summed E-state index contributed by atoms with van der Waals surface area (Å²) in [6, 6.07) is 0. The van der Waals surface area contributed by atoms with Crippen molar-refractivity contribution in [3.05, 3.63) is 0 Å². The minimum atomic E-state index is -1.02. The Balaban J connectivity index is 1.91. The highest BCUT2D eigenvalue weighted by molar-refractivity contribution is 5.82. The lowest BCUT2D eigenvalue weighted by Gasteiger charge is -2.35. The first kappa shape index (κ1) is 17.2. The van der Waals surface area contributed by atoms with Gasteiger partial charge in [-0.3, -0.25) is 4.79 Å². The van der Waals surface area contributed by atoms with E-state index < -0.39 is 18.2 Å². The number of amides is 1. The van der Waals surface area contributed by atoms with Crippen molar-refractivity contribution in [2.45, 2.75) is 64.3 Å². The fraction of sp³-hybridized carbons (Fsp3) is 0.875. The molecule has 4 atom stereocenters. The molecule has 2 fully saturated rings. The van der Waals surface area contributed by atoms with Crippen molar-refractivity contribution >= 4 is 11.9 Å². The number of rotatable bonds is 5. The summed E-state index contributed by atoms with van der Waals surface area (Å²) in [4.78, 5) is 25.2. The number of carboxylic acids is 1. The van der Waals surface area contributed by atoms with Gasteiger partial charge in [-0.2, -0.15) is 0 Å². The molecule has 6 nitrogen and oxygen atoms in total. The van der Waals surface area contributed by atoms with Crippen LogP contribution in [0.25, 0.3) is 0 Å². The second-order valence-electron chi connectivity index (χ2n) is 6.41. The Kier molecular flexibility index (Phi) is 6.20. The molecule has 1 aliphatic heterocycles. The Hall–Kier alpha value is -1.14. The lowest BCUT2D eigenvalue weighted by Crippen LogP contribution is -2.52. The second-order valence-corrected chi connectivity index (χ2v) is 6.41. The maximum Gasteiger partial charge on any atom is 0.334 e. The zero-order chi connectivity index (χ0) is 16.1. The van der Waals surface area contributed by atoms with Gasteiger partial charge in [-0.05, 0) is 25.2 Å². The number of hydrogen-bond acceptors (Lipinski definition) is 4. The molecule has 1 heterocycles. The predicted molar refractivity (Wildman–Crippen MR) is 80.5 cm³/mol. The molecule has 0 bridgehead atoms. The van der Waals surface area contributed by atoms with Crippen LogP contribution in [0.5, 0.6) is 0 Å². The van der Waals surface area contributed by atoms with Gasteiger partial charge in [0.15, 0.2) is 6.10 Å². The average molecular weight is 313 g/mol. The summed E-state index contributed by atoms with van der Waals surface area (Å²) in [5, 5.41) is 9.03. The topological polar surface area (TPSA) is 76.1 Å². The van der Waals surface area contributed by atoms with E-state index in [0.717, 1.165) is 19.3 Å². The average Bonchev–Trinajstić information content (AvgIpc) is 2.52. The van der Waals surface area contributed by atoms with Gasteiger partial charge >= 0.3 is 5.97 Å². The van der Waals surface area contributed by atoms with E-state index in [2.05, 4.69) is 6.92 Å². The van der Waals surface area contributed by atoms with Crippen molar-refractivity contribution in [2.24, 2.45) is 5.92 Å². The van der Waals surface area contributed by atoms with Crippen molar-refractivity contribution in [3.8, 4) is 0 Å². The Morgan fingerprint density at radius 2 is 2.18 bits per heavy atom. The van der Waals surface area contributed by atoms with E-state index in [1.165, 1.54) is 6.42 Å². The number of nitrogens with zero attached hydrogens (tertiary/aromatic N) is 1. The van der Waals surface area contributed by atoms with Gasteiger partial charge in [0.2, 0.25) is 0 Å². The number of carbonyl (C=O) groups excluding carboxylic acids is 1. The van der Waals surface area contributed by atoms with E-state index >= 15 is 0 Å². The molecule has 0 aromatic carbocycles. The molecule has 6 heteroatoms. The maximum absolute atomic E-state index is 12.6. The second kappa shape index (κ2) is 7.92. The van der Waals surface area contributed by atoms with Crippen LogP contribution in [0.1, 0.15) is 46.0 Å². The van der Waals surface area contributed by atoms with Crippen molar-refractivity contribution < 1.29 is 24.2 Å². The number of ether oxygens (including phenoxy) is 2. The summed E-state index contributed by atoms with van der Waals surface area (Å²) in [6.45, 7) is 4.96. The van der Waals surface area contributed by atoms with E-state index in [1.54, 1.807) is 4.90 Å². The number of morpholine rings is 1. The van der Waals surface area contributed by atoms with Crippen LogP contribution < -0.4 is 0 Å². The molecule has 0 radical (unpaired) electrons. The third kappa shape index (κ3) is 4.43. The number of hydrogen-bond donors (Lipinski definition) is 1. The number of aliphatic carboxylic acids is 1. The molecule has 22 heavy (non-hydrogen) atoms. The van der Waals surface area contributed by atoms with Gasteiger partial charge in [0.1, 0.15) is 6.10 Å². The van der Waals surface area contributed by atoms with E-state index in [4.69, 9.17) is 14.6 Å². The molecule has 1 N–H and O–H groups in total. The van der Waals surface area contributed by atoms with Crippen molar-refractivity contribution in [2.75, 3.05) is 19.7 Å². The molecule has 0 aromatic rings. The minimum absolute atomic E-state index is 0.102. The molecule has 0 spiro atoms. The minimum Gasteiger partial charge on any atom is -0.479 e. The molecular weight excluding hydrogens is 286 g/mol. The molecule has 0 aromatic heterocycles. The largest absolute Gasteiger partial charge is 0.479 e. The molecule has 0 unspecified atom stereocenters. The third-order valence-corrected chi connectivity index (χ3v) is 4.54. The van der Waals surface area contributed by atoms with Crippen LogP contribution >= 0.6 is 0 Å². The lowest BCUT2D eigenvalue weighted by atomic mass is 9.88. The fourth-order valence-corrected chi connectivity index (χ4v) is 3.27.